The summed E-state index contributed by atoms with van der Waals surface area (Å²) in [5.74, 6) is 0. The van der Waals surface area contributed by atoms with Crippen LogP contribution in [0.1, 0.15) is 17.2 Å². The Morgan fingerprint density at radius 1 is 0.935 bits per heavy atom. The van der Waals surface area contributed by atoms with E-state index in [0.29, 0.717) is 0 Å². The second-order valence-corrected chi connectivity index (χ2v) is 6.13. The number of nitrogens with one attached hydrogen (secondary N) is 1. The number of aliphatic hydroxyl groups is 2. The standard InChI is InChI=1S/C16H13F3N4O8/c17-16(18,19)9-5-12(22(28)29)14(13(6-9)23(30)31)20-11(7-24)15(25)8-1-3-10(4-2-8)21(26)27/h1-6,11,15,20,24-25H,7H2/t11-,15-/m0/s1. The predicted molar refractivity (Wildman–Crippen MR) is 97.3 cm³/mol. The van der Waals surface area contributed by atoms with Crippen LogP contribution in [0.25, 0.3) is 0 Å². The van der Waals surface area contributed by atoms with E-state index in [9.17, 15) is 53.7 Å². The molecular formula is C16H13F3N4O8. The molecule has 31 heavy (non-hydrogen) atoms. The lowest BCUT2D eigenvalue weighted by Crippen LogP contribution is -2.32. The molecule has 12 nitrogen and oxygen atoms in total. The van der Waals surface area contributed by atoms with Gasteiger partial charge in [0, 0.05) is 24.3 Å². The van der Waals surface area contributed by atoms with Crippen molar-refractivity contribution >= 4 is 22.7 Å². The summed E-state index contributed by atoms with van der Waals surface area (Å²) in [5.41, 5.74) is -5.50. The zero-order valence-corrected chi connectivity index (χ0v) is 15.1. The van der Waals surface area contributed by atoms with Crippen LogP contribution in [0.3, 0.4) is 0 Å². The van der Waals surface area contributed by atoms with Gasteiger partial charge in [0.25, 0.3) is 17.1 Å². The van der Waals surface area contributed by atoms with Gasteiger partial charge in [-0.3, -0.25) is 30.3 Å². The molecule has 3 N–H and O–H groups in total. The third kappa shape index (κ3) is 5.20. The summed E-state index contributed by atoms with van der Waals surface area (Å²) in [6.45, 7) is -0.951. The molecule has 15 heteroatoms. The highest BCUT2D eigenvalue weighted by molar-refractivity contribution is 5.75. The normalized spacial score (nSPS) is 13.3. The summed E-state index contributed by atoms with van der Waals surface area (Å²) < 4.78 is 38.9. The van der Waals surface area contributed by atoms with E-state index in [1.54, 1.807) is 0 Å². The zero-order valence-electron chi connectivity index (χ0n) is 15.1. The zero-order chi connectivity index (χ0) is 23.5. The second kappa shape index (κ2) is 8.88. The summed E-state index contributed by atoms with van der Waals surface area (Å²) >= 11 is 0. The third-order valence-corrected chi connectivity index (χ3v) is 4.17. The molecule has 166 valence electrons. The van der Waals surface area contributed by atoms with Crippen molar-refractivity contribution in [2.75, 3.05) is 11.9 Å². The summed E-state index contributed by atoms with van der Waals surface area (Å²) in [5, 5.41) is 55.4. The molecule has 0 bridgehead atoms. The van der Waals surface area contributed by atoms with Crippen LogP contribution < -0.4 is 5.32 Å². The van der Waals surface area contributed by atoms with Gasteiger partial charge in [-0.25, -0.2) is 0 Å². The lowest BCUT2D eigenvalue weighted by Gasteiger charge is -2.23. The van der Waals surface area contributed by atoms with E-state index in [0.717, 1.165) is 24.3 Å². The van der Waals surface area contributed by atoms with Crippen molar-refractivity contribution in [3.63, 3.8) is 0 Å². The topological polar surface area (TPSA) is 182 Å². The van der Waals surface area contributed by atoms with Crippen LogP contribution in [0.15, 0.2) is 36.4 Å². The Balaban J connectivity index is 2.51. The molecule has 0 amide bonds. The van der Waals surface area contributed by atoms with Crippen LogP contribution in [-0.2, 0) is 6.18 Å². The van der Waals surface area contributed by atoms with Crippen molar-refractivity contribution in [1.29, 1.82) is 0 Å². The van der Waals surface area contributed by atoms with Crippen molar-refractivity contribution in [2.45, 2.75) is 18.3 Å². The van der Waals surface area contributed by atoms with E-state index >= 15 is 0 Å². The number of anilines is 1. The van der Waals surface area contributed by atoms with E-state index in [1.165, 1.54) is 0 Å². The summed E-state index contributed by atoms with van der Waals surface area (Å²) in [4.78, 5) is 30.0. The fourth-order valence-electron chi connectivity index (χ4n) is 2.65. The van der Waals surface area contributed by atoms with Crippen LogP contribution >= 0.6 is 0 Å². The van der Waals surface area contributed by atoms with Gasteiger partial charge in [-0.05, 0) is 17.7 Å². The van der Waals surface area contributed by atoms with E-state index in [-0.39, 0.29) is 23.4 Å². The lowest BCUT2D eigenvalue weighted by molar-refractivity contribution is -0.392. The molecule has 0 aliphatic carbocycles. The lowest BCUT2D eigenvalue weighted by atomic mass is 10.0. The van der Waals surface area contributed by atoms with Gasteiger partial charge in [0.15, 0.2) is 5.69 Å². The number of nitrogens with zero attached hydrogens (tertiary/aromatic N) is 3. The van der Waals surface area contributed by atoms with E-state index in [2.05, 4.69) is 5.32 Å². The summed E-state index contributed by atoms with van der Waals surface area (Å²) in [7, 11) is 0. The van der Waals surface area contributed by atoms with E-state index < -0.39 is 62.3 Å². The molecule has 0 spiro atoms. The van der Waals surface area contributed by atoms with Gasteiger partial charge in [-0.15, -0.1) is 0 Å². The fourth-order valence-corrected chi connectivity index (χ4v) is 2.65. The molecule has 2 aromatic carbocycles. The quantitative estimate of drug-likeness (QED) is 0.405. The number of aliphatic hydroxyl groups excluding tert-OH is 2. The molecule has 0 saturated carbocycles. The highest BCUT2D eigenvalue weighted by atomic mass is 19.4. The highest BCUT2D eigenvalue weighted by Gasteiger charge is 2.38. The molecule has 0 unspecified atom stereocenters. The fraction of sp³-hybridized carbons (Fsp3) is 0.250. The third-order valence-electron chi connectivity index (χ3n) is 4.17. The molecule has 0 radical (unpaired) electrons. The van der Waals surface area contributed by atoms with Crippen LogP contribution in [0.5, 0.6) is 0 Å². The number of hydrogen-bond acceptors (Lipinski definition) is 9. The SMILES string of the molecule is O=[N+]([O-])c1ccc([C@H](O)[C@H](CO)Nc2c([N+](=O)[O-])cc(C(F)(F)F)cc2[N+](=O)[O-])cc1. The van der Waals surface area contributed by atoms with Gasteiger partial charge in [0.2, 0.25) is 0 Å². The van der Waals surface area contributed by atoms with Gasteiger partial charge >= 0.3 is 6.18 Å². The van der Waals surface area contributed by atoms with E-state index in [4.69, 9.17) is 0 Å². The van der Waals surface area contributed by atoms with E-state index in [1.807, 2.05) is 0 Å². The van der Waals surface area contributed by atoms with Crippen LogP contribution in [0.4, 0.5) is 35.9 Å². The number of nitro benzene ring substituents is 3. The van der Waals surface area contributed by atoms with Gasteiger partial charge in [-0.2, -0.15) is 13.2 Å². The van der Waals surface area contributed by atoms with Crippen molar-refractivity contribution in [2.24, 2.45) is 0 Å². The van der Waals surface area contributed by atoms with Crippen molar-refractivity contribution < 1.29 is 38.2 Å². The molecule has 0 saturated heterocycles. The van der Waals surface area contributed by atoms with Gasteiger partial charge in [0.05, 0.1) is 33.0 Å². The monoisotopic (exact) mass is 446 g/mol. The molecule has 0 aromatic heterocycles. The van der Waals surface area contributed by atoms with Gasteiger partial charge in [-0.1, -0.05) is 0 Å². The molecular weight excluding hydrogens is 433 g/mol. The first-order valence-corrected chi connectivity index (χ1v) is 8.20. The number of nitro groups is 3. The molecule has 2 aromatic rings. The van der Waals surface area contributed by atoms with Crippen molar-refractivity contribution in [3.8, 4) is 0 Å². The molecule has 0 aliphatic rings. The Hall–Kier alpha value is -3.85. The number of halogens is 3. The number of benzene rings is 2. The summed E-state index contributed by atoms with van der Waals surface area (Å²) in [6.07, 6.45) is -6.80. The summed E-state index contributed by atoms with van der Waals surface area (Å²) in [6, 6.07) is 2.90. The van der Waals surface area contributed by atoms with Crippen molar-refractivity contribution in [1.82, 2.24) is 0 Å². The number of alkyl halides is 3. The first kappa shape index (κ1) is 23.4. The Bertz CT molecular complexity index is 978. The Kier molecular flexibility index (Phi) is 6.71. The van der Waals surface area contributed by atoms with Crippen LogP contribution in [0, 0.1) is 30.3 Å². The smallest absolute Gasteiger partial charge is 0.394 e. The second-order valence-electron chi connectivity index (χ2n) is 6.13. The maximum absolute atomic E-state index is 13.0. The number of hydrogen-bond donors (Lipinski definition) is 3. The first-order chi connectivity index (χ1) is 14.4. The molecule has 2 rings (SSSR count). The Morgan fingerprint density at radius 3 is 1.77 bits per heavy atom. The largest absolute Gasteiger partial charge is 0.416 e. The minimum Gasteiger partial charge on any atom is -0.394 e. The molecule has 0 aliphatic heterocycles. The number of non-ortho nitro benzene ring substituents is 1. The van der Waals surface area contributed by atoms with Gasteiger partial charge < -0.3 is 15.5 Å². The van der Waals surface area contributed by atoms with Crippen molar-refractivity contribution in [3.05, 3.63) is 77.9 Å². The average Bonchev–Trinajstić information content (AvgIpc) is 2.70. The predicted octanol–water partition coefficient (Wildman–Crippen LogP) is 2.94. The minimum atomic E-state index is -5.11. The highest BCUT2D eigenvalue weighted by Crippen LogP contribution is 2.42. The molecule has 0 heterocycles. The Labute approximate surface area is 170 Å². The average molecular weight is 446 g/mol. The van der Waals surface area contributed by atoms with Crippen LogP contribution in [-0.4, -0.2) is 37.6 Å². The van der Waals surface area contributed by atoms with Gasteiger partial charge in [0.1, 0.15) is 6.10 Å². The maximum Gasteiger partial charge on any atom is 0.416 e. The Morgan fingerprint density at radius 2 is 1.42 bits per heavy atom. The first-order valence-electron chi connectivity index (χ1n) is 8.20. The number of rotatable bonds is 8. The van der Waals surface area contributed by atoms with Crippen LogP contribution in [0.2, 0.25) is 0 Å². The molecule has 2 atom stereocenters. The minimum absolute atomic E-state index is 0.00521. The maximum atomic E-state index is 13.0. The molecule has 0 fully saturated rings.